The molecule has 1 heterocycles. The van der Waals surface area contributed by atoms with E-state index in [1.54, 1.807) is 24.2 Å². The van der Waals surface area contributed by atoms with E-state index in [0.717, 1.165) is 11.1 Å². The lowest BCUT2D eigenvalue weighted by Gasteiger charge is -2.04. The van der Waals surface area contributed by atoms with E-state index >= 15 is 0 Å². The number of ketones is 1. The zero-order valence-corrected chi connectivity index (χ0v) is 9.60. The molecule has 0 N–H and O–H groups in total. The van der Waals surface area contributed by atoms with Gasteiger partial charge < -0.3 is 0 Å². The van der Waals surface area contributed by atoms with Gasteiger partial charge in [0.25, 0.3) is 0 Å². The van der Waals surface area contributed by atoms with Gasteiger partial charge in [0, 0.05) is 18.0 Å². The summed E-state index contributed by atoms with van der Waals surface area (Å²) in [5.41, 5.74) is 1.75. The molecule has 2 nitrogen and oxygen atoms in total. The summed E-state index contributed by atoms with van der Waals surface area (Å²) >= 11 is 1.66. The molecular formula is C11H15NOS. The number of thioether (sulfide) groups is 1. The second-order valence-electron chi connectivity index (χ2n) is 3.53. The Morgan fingerprint density at radius 1 is 1.50 bits per heavy atom. The molecule has 0 bridgehead atoms. The summed E-state index contributed by atoms with van der Waals surface area (Å²) in [6.45, 7) is 6.12. The van der Waals surface area contributed by atoms with Crippen molar-refractivity contribution in [2.75, 3.05) is 5.75 Å². The van der Waals surface area contributed by atoms with Crippen molar-refractivity contribution in [3.63, 3.8) is 0 Å². The number of aryl methyl sites for hydroxylation is 1. The van der Waals surface area contributed by atoms with Gasteiger partial charge in [-0.2, -0.15) is 11.8 Å². The third-order valence-corrected chi connectivity index (χ3v) is 2.84. The molecule has 3 heteroatoms. The maximum absolute atomic E-state index is 11.6. The highest BCUT2D eigenvalue weighted by Crippen LogP contribution is 2.12. The molecule has 0 fully saturated rings. The zero-order valence-electron chi connectivity index (χ0n) is 8.78. The number of pyridine rings is 1. The molecule has 14 heavy (non-hydrogen) atoms. The van der Waals surface area contributed by atoms with Gasteiger partial charge >= 0.3 is 0 Å². The van der Waals surface area contributed by atoms with Crippen LogP contribution in [-0.4, -0.2) is 21.8 Å². The summed E-state index contributed by atoms with van der Waals surface area (Å²) in [5.74, 6) is 0.711. The lowest BCUT2D eigenvalue weighted by molar-refractivity contribution is 0.102. The van der Waals surface area contributed by atoms with Crippen molar-refractivity contribution in [2.45, 2.75) is 26.0 Å². The van der Waals surface area contributed by atoms with Crippen LogP contribution in [0.25, 0.3) is 0 Å². The molecule has 0 aliphatic carbocycles. The SMILES string of the molecule is Cc1cncc(C(=O)CSC(C)C)c1. The molecule has 0 spiro atoms. The Balaban J connectivity index is 2.61. The van der Waals surface area contributed by atoms with Crippen LogP contribution < -0.4 is 0 Å². The second kappa shape index (κ2) is 5.15. The topological polar surface area (TPSA) is 30.0 Å². The number of hydrogen-bond acceptors (Lipinski definition) is 3. The van der Waals surface area contributed by atoms with Crippen molar-refractivity contribution in [1.82, 2.24) is 4.98 Å². The number of carbonyl (C=O) groups is 1. The van der Waals surface area contributed by atoms with Crippen molar-refractivity contribution < 1.29 is 4.79 Å². The first-order chi connectivity index (χ1) is 6.59. The van der Waals surface area contributed by atoms with Crippen LogP contribution in [0.2, 0.25) is 0 Å². The number of nitrogens with zero attached hydrogens (tertiary/aromatic N) is 1. The summed E-state index contributed by atoms with van der Waals surface area (Å²) in [5, 5.41) is 0.497. The number of hydrogen-bond donors (Lipinski definition) is 0. The molecule has 0 saturated heterocycles. The average molecular weight is 209 g/mol. The first-order valence-electron chi connectivity index (χ1n) is 4.66. The number of aromatic nitrogens is 1. The fourth-order valence-corrected chi connectivity index (χ4v) is 1.68. The van der Waals surface area contributed by atoms with Crippen LogP contribution in [-0.2, 0) is 0 Å². The van der Waals surface area contributed by atoms with Gasteiger partial charge in [-0.25, -0.2) is 0 Å². The average Bonchev–Trinajstić information content (AvgIpc) is 2.14. The van der Waals surface area contributed by atoms with E-state index in [9.17, 15) is 4.79 Å². The fraction of sp³-hybridized carbons (Fsp3) is 0.455. The minimum Gasteiger partial charge on any atom is -0.293 e. The van der Waals surface area contributed by atoms with Crippen molar-refractivity contribution in [1.29, 1.82) is 0 Å². The van der Waals surface area contributed by atoms with Crippen molar-refractivity contribution >= 4 is 17.5 Å². The molecule has 76 valence electrons. The zero-order chi connectivity index (χ0) is 10.6. The summed E-state index contributed by atoms with van der Waals surface area (Å²) in [6.07, 6.45) is 3.39. The quantitative estimate of drug-likeness (QED) is 0.714. The van der Waals surface area contributed by atoms with E-state index in [0.29, 0.717) is 11.0 Å². The van der Waals surface area contributed by atoms with E-state index in [-0.39, 0.29) is 5.78 Å². The third-order valence-electron chi connectivity index (χ3n) is 1.74. The summed E-state index contributed by atoms with van der Waals surface area (Å²) in [6, 6.07) is 1.89. The molecule has 0 radical (unpaired) electrons. The molecule has 0 atom stereocenters. The first kappa shape index (κ1) is 11.2. The van der Waals surface area contributed by atoms with Crippen LogP contribution in [0.5, 0.6) is 0 Å². The van der Waals surface area contributed by atoms with Gasteiger partial charge in [0.2, 0.25) is 0 Å². The highest BCUT2D eigenvalue weighted by Gasteiger charge is 2.07. The molecule has 0 aliphatic rings. The summed E-state index contributed by atoms with van der Waals surface area (Å²) in [7, 11) is 0. The van der Waals surface area contributed by atoms with Crippen LogP contribution in [0.4, 0.5) is 0 Å². The Hall–Kier alpha value is -0.830. The normalized spacial score (nSPS) is 10.6. The van der Waals surface area contributed by atoms with Gasteiger partial charge in [0.05, 0.1) is 5.75 Å². The highest BCUT2D eigenvalue weighted by atomic mass is 32.2. The molecule has 0 saturated carbocycles. The standard InChI is InChI=1S/C11H15NOS/c1-8(2)14-7-11(13)10-4-9(3)5-12-6-10/h4-6,8H,7H2,1-3H3. The van der Waals surface area contributed by atoms with Crippen molar-refractivity contribution in [3.05, 3.63) is 29.6 Å². The Morgan fingerprint density at radius 2 is 2.21 bits per heavy atom. The van der Waals surface area contributed by atoms with E-state index < -0.39 is 0 Å². The number of rotatable bonds is 4. The van der Waals surface area contributed by atoms with Gasteiger partial charge in [-0.05, 0) is 23.8 Å². The summed E-state index contributed by atoms with van der Waals surface area (Å²) < 4.78 is 0. The van der Waals surface area contributed by atoms with Crippen LogP contribution >= 0.6 is 11.8 Å². The predicted octanol–water partition coefficient (Wildman–Crippen LogP) is 2.71. The third kappa shape index (κ3) is 3.50. The molecular weight excluding hydrogens is 194 g/mol. The molecule has 0 aromatic carbocycles. The van der Waals surface area contributed by atoms with E-state index in [1.165, 1.54) is 0 Å². The molecule has 1 rings (SSSR count). The van der Waals surface area contributed by atoms with E-state index in [4.69, 9.17) is 0 Å². The first-order valence-corrected chi connectivity index (χ1v) is 5.71. The van der Waals surface area contributed by atoms with Crippen LogP contribution in [0.1, 0.15) is 29.8 Å². The number of Topliss-reactive ketones (excluding diaryl/α,β-unsaturated/α-hetero) is 1. The molecule has 0 aliphatic heterocycles. The van der Waals surface area contributed by atoms with Crippen LogP contribution in [0.15, 0.2) is 18.5 Å². The maximum atomic E-state index is 11.6. The minimum absolute atomic E-state index is 0.167. The lowest BCUT2D eigenvalue weighted by atomic mass is 10.2. The monoisotopic (exact) mass is 209 g/mol. The highest BCUT2D eigenvalue weighted by molar-refractivity contribution is 8.00. The Bertz CT molecular complexity index is 323. The van der Waals surface area contributed by atoms with Crippen LogP contribution in [0.3, 0.4) is 0 Å². The van der Waals surface area contributed by atoms with Gasteiger partial charge in [-0.3, -0.25) is 9.78 Å². The van der Waals surface area contributed by atoms with Gasteiger partial charge in [-0.1, -0.05) is 13.8 Å². The van der Waals surface area contributed by atoms with Crippen molar-refractivity contribution in [3.8, 4) is 0 Å². The molecule has 1 aromatic rings. The predicted molar refractivity (Wildman–Crippen MR) is 60.9 cm³/mol. The molecule has 0 unspecified atom stereocenters. The Labute approximate surface area is 89.1 Å². The van der Waals surface area contributed by atoms with Gasteiger partial charge in [0.1, 0.15) is 0 Å². The van der Waals surface area contributed by atoms with Gasteiger partial charge in [0.15, 0.2) is 5.78 Å². The number of carbonyl (C=O) groups excluding carboxylic acids is 1. The largest absolute Gasteiger partial charge is 0.293 e. The van der Waals surface area contributed by atoms with Crippen LogP contribution in [0, 0.1) is 6.92 Å². The second-order valence-corrected chi connectivity index (χ2v) is 5.10. The van der Waals surface area contributed by atoms with E-state index in [2.05, 4.69) is 18.8 Å². The Kier molecular flexibility index (Phi) is 4.14. The van der Waals surface area contributed by atoms with Crippen molar-refractivity contribution in [2.24, 2.45) is 0 Å². The van der Waals surface area contributed by atoms with Gasteiger partial charge in [-0.15, -0.1) is 0 Å². The molecule has 1 aromatic heterocycles. The van der Waals surface area contributed by atoms with E-state index in [1.807, 2.05) is 13.0 Å². The maximum Gasteiger partial charge on any atom is 0.174 e. The smallest absolute Gasteiger partial charge is 0.174 e. The molecule has 0 amide bonds. The fourth-order valence-electron chi connectivity index (χ4n) is 1.03. The minimum atomic E-state index is 0.167. The lowest BCUT2D eigenvalue weighted by Crippen LogP contribution is -2.05. The summed E-state index contributed by atoms with van der Waals surface area (Å²) in [4.78, 5) is 15.6. The Morgan fingerprint density at radius 3 is 2.79 bits per heavy atom.